The molecule has 1 aliphatic carbocycles. The van der Waals surface area contributed by atoms with Crippen molar-refractivity contribution in [2.45, 2.75) is 39.2 Å². The van der Waals surface area contributed by atoms with Crippen LogP contribution in [-0.2, 0) is 10.2 Å². The minimum absolute atomic E-state index is 0.00714. The Bertz CT molecular complexity index is 966. The molecular weight excluding hydrogens is 360 g/mol. The number of hydrogen-bond acceptors (Lipinski definition) is 6. The van der Waals surface area contributed by atoms with Crippen LogP contribution < -0.4 is 4.74 Å². The molecule has 2 N–H and O–H groups in total. The Morgan fingerprint density at radius 2 is 2.04 bits per heavy atom. The van der Waals surface area contributed by atoms with E-state index < -0.39 is 11.2 Å². The van der Waals surface area contributed by atoms with Crippen LogP contribution in [0.15, 0.2) is 41.2 Å². The Hall–Kier alpha value is -2.86. The fraction of sp³-hybridized carbons (Fsp3) is 0.364. The molecule has 1 heterocycles. The fourth-order valence-corrected chi connectivity index (χ4v) is 3.71. The Morgan fingerprint density at radius 3 is 2.64 bits per heavy atom. The number of phenolic OH excluding ortho intramolecular Hbond substituents is 1. The van der Waals surface area contributed by atoms with Crippen molar-refractivity contribution in [3.8, 4) is 11.5 Å². The van der Waals surface area contributed by atoms with Gasteiger partial charge < -0.3 is 19.7 Å². The molecule has 0 bridgehead atoms. The third-order valence-corrected chi connectivity index (χ3v) is 5.57. The molecule has 2 aliphatic rings. The quantitative estimate of drug-likeness (QED) is 0.775. The highest BCUT2D eigenvalue weighted by Gasteiger charge is 2.48. The highest BCUT2D eigenvalue weighted by Crippen LogP contribution is 2.52. The zero-order valence-electron chi connectivity index (χ0n) is 16.6. The number of methoxy groups -OCH3 is 1. The number of Topliss-reactive ketones (excluding diaryl/α,β-unsaturated/α-hetero) is 2. The Kier molecular flexibility index (Phi) is 4.93. The lowest BCUT2D eigenvalue weighted by molar-refractivity contribution is 0.0900. The van der Waals surface area contributed by atoms with Crippen LogP contribution in [0, 0.1) is 0 Å². The molecule has 1 aliphatic heterocycles. The molecule has 0 radical (unpaired) electrons. The van der Waals surface area contributed by atoms with E-state index in [2.05, 4.69) is 0 Å². The predicted octanol–water partition coefficient (Wildman–Crippen LogP) is 3.23. The maximum atomic E-state index is 13.0. The third-order valence-electron chi connectivity index (χ3n) is 5.57. The number of phenols is 1. The van der Waals surface area contributed by atoms with E-state index in [1.165, 1.54) is 20.1 Å². The second kappa shape index (κ2) is 6.95. The van der Waals surface area contributed by atoms with Crippen molar-refractivity contribution in [1.29, 1.82) is 0 Å². The first-order valence-electron chi connectivity index (χ1n) is 9.04. The zero-order chi connectivity index (χ0) is 20.8. The standard InChI is InChI=1S/C22H24O6/c1-11(10-23)7-6-8-22(4)13(3)28-21-16-14(9-15(24)17(21)22)18(25)12(2)20(27-5)19(16)26/h6-9,13,23-24H,10H2,1-5H3/b8-6+,11-7+/t13-,22+/m1/s1. The van der Waals surface area contributed by atoms with E-state index in [1.807, 2.05) is 19.9 Å². The number of ether oxygens (including phenoxy) is 2. The van der Waals surface area contributed by atoms with E-state index in [1.54, 1.807) is 19.1 Å². The van der Waals surface area contributed by atoms with E-state index in [-0.39, 0.29) is 52.5 Å². The van der Waals surface area contributed by atoms with Crippen LogP contribution in [0.3, 0.4) is 0 Å². The van der Waals surface area contributed by atoms with Crippen LogP contribution >= 0.6 is 0 Å². The van der Waals surface area contributed by atoms with Gasteiger partial charge in [-0.2, -0.15) is 0 Å². The highest BCUT2D eigenvalue weighted by molar-refractivity contribution is 6.27. The summed E-state index contributed by atoms with van der Waals surface area (Å²) in [7, 11) is 1.35. The van der Waals surface area contributed by atoms with Gasteiger partial charge in [0.25, 0.3) is 0 Å². The maximum absolute atomic E-state index is 13.0. The van der Waals surface area contributed by atoms with Crippen LogP contribution in [0.25, 0.3) is 0 Å². The summed E-state index contributed by atoms with van der Waals surface area (Å²) in [6, 6.07) is 1.34. The number of aromatic hydroxyl groups is 1. The van der Waals surface area contributed by atoms with Gasteiger partial charge in [0.2, 0.25) is 5.78 Å². The van der Waals surface area contributed by atoms with Gasteiger partial charge >= 0.3 is 0 Å². The summed E-state index contributed by atoms with van der Waals surface area (Å²) in [5.74, 6) is -0.679. The number of ketones is 2. The van der Waals surface area contributed by atoms with Crippen LogP contribution in [0.1, 0.15) is 54.0 Å². The van der Waals surface area contributed by atoms with Gasteiger partial charge in [-0.25, -0.2) is 0 Å². The second-order valence-corrected chi connectivity index (χ2v) is 7.41. The molecule has 2 atom stereocenters. The van der Waals surface area contributed by atoms with Crippen molar-refractivity contribution in [1.82, 2.24) is 0 Å². The number of hydrogen-bond donors (Lipinski definition) is 2. The van der Waals surface area contributed by atoms with Crippen molar-refractivity contribution >= 4 is 11.6 Å². The van der Waals surface area contributed by atoms with Crippen LogP contribution in [0.2, 0.25) is 0 Å². The first-order valence-corrected chi connectivity index (χ1v) is 9.04. The van der Waals surface area contributed by atoms with Crippen molar-refractivity contribution in [2.24, 2.45) is 0 Å². The molecule has 28 heavy (non-hydrogen) atoms. The summed E-state index contributed by atoms with van der Waals surface area (Å²) in [6.07, 6.45) is 5.04. The topological polar surface area (TPSA) is 93.1 Å². The molecule has 0 saturated carbocycles. The van der Waals surface area contributed by atoms with Gasteiger partial charge in [0.15, 0.2) is 11.5 Å². The van der Waals surface area contributed by atoms with Gasteiger partial charge in [-0.15, -0.1) is 0 Å². The molecule has 0 spiro atoms. The summed E-state index contributed by atoms with van der Waals surface area (Å²) in [5, 5.41) is 19.9. The number of benzene rings is 1. The van der Waals surface area contributed by atoms with Crippen molar-refractivity contribution < 1.29 is 29.3 Å². The third kappa shape index (κ3) is 2.76. The molecule has 1 aromatic carbocycles. The van der Waals surface area contributed by atoms with Gasteiger partial charge in [0.05, 0.1) is 30.3 Å². The molecule has 3 rings (SSSR count). The van der Waals surface area contributed by atoms with Crippen LogP contribution in [0.4, 0.5) is 0 Å². The first-order chi connectivity index (χ1) is 13.2. The lowest BCUT2D eigenvalue weighted by Crippen LogP contribution is -2.30. The van der Waals surface area contributed by atoms with Gasteiger partial charge in [0.1, 0.15) is 17.6 Å². The largest absolute Gasteiger partial charge is 0.507 e. The smallest absolute Gasteiger partial charge is 0.232 e. The van der Waals surface area contributed by atoms with E-state index in [0.717, 1.165) is 5.57 Å². The van der Waals surface area contributed by atoms with Crippen LogP contribution in [0.5, 0.6) is 11.5 Å². The Balaban J connectivity index is 2.22. The summed E-state index contributed by atoms with van der Waals surface area (Å²) in [5.41, 5.74) is 0.974. The van der Waals surface area contributed by atoms with E-state index >= 15 is 0 Å². The Morgan fingerprint density at radius 1 is 1.36 bits per heavy atom. The lowest BCUT2D eigenvalue weighted by Gasteiger charge is -2.25. The Labute approximate surface area is 163 Å². The molecule has 6 nitrogen and oxygen atoms in total. The monoisotopic (exact) mass is 384 g/mol. The first kappa shape index (κ1) is 19.9. The van der Waals surface area contributed by atoms with Crippen molar-refractivity contribution in [2.75, 3.05) is 13.7 Å². The van der Waals surface area contributed by atoms with E-state index in [4.69, 9.17) is 14.6 Å². The molecular formula is C22H24O6. The highest BCUT2D eigenvalue weighted by atomic mass is 16.5. The number of rotatable bonds is 4. The van der Waals surface area contributed by atoms with E-state index in [0.29, 0.717) is 5.56 Å². The zero-order valence-corrected chi connectivity index (χ0v) is 16.6. The molecule has 0 unspecified atom stereocenters. The molecule has 0 fully saturated rings. The number of carbonyl (C=O) groups excluding carboxylic acids is 2. The number of fused-ring (bicyclic) bond motifs is 3. The SMILES string of the molecule is COC1=C(C)C(=O)c2cc(O)c3c(c2C1=O)O[C@H](C)[C@]3(C)/C=C/C=C(\C)CO. The molecule has 0 saturated heterocycles. The fourth-order valence-electron chi connectivity index (χ4n) is 3.71. The molecule has 6 heteroatoms. The van der Waals surface area contributed by atoms with Crippen molar-refractivity contribution in [3.63, 3.8) is 0 Å². The average Bonchev–Trinajstić information content (AvgIpc) is 2.91. The van der Waals surface area contributed by atoms with Crippen molar-refractivity contribution in [3.05, 3.63) is 57.9 Å². The molecule has 1 aromatic rings. The minimum atomic E-state index is -0.729. The summed E-state index contributed by atoms with van der Waals surface area (Å²) >= 11 is 0. The van der Waals surface area contributed by atoms with Gasteiger partial charge in [-0.3, -0.25) is 9.59 Å². The minimum Gasteiger partial charge on any atom is -0.507 e. The summed E-state index contributed by atoms with van der Waals surface area (Å²) in [4.78, 5) is 25.7. The van der Waals surface area contributed by atoms with Gasteiger partial charge in [-0.1, -0.05) is 18.2 Å². The average molecular weight is 384 g/mol. The lowest BCUT2D eigenvalue weighted by atomic mass is 9.76. The number of allylic oxidation sites excluding steroid dienone is 4. The van der Waals surface area contributed by atoms with Gasteiger partial charge in [0, 0.05) is 11.1 Å². The van der Waals surface area contributed by atoms with Gasteiger partial charge in [-0.05, 0) is 39.3 Å². The summed E-state index contributed by atoms with van der Waals surface area (Å²) < 4.78 is 11.2. The van der Waals surface area contributed by atoms with E-state index in [9.17, 15) is 14.7 Å². The second-order valence-electron chi connectivity index (χ2n) is 7.41. The normalized spacial score (nSPS) is 24.5. The molecule has 0 amide bonds. The maximum Gasteiger partial charge on any atom is 0.232 e. The molecule has 148 valence electrons. The number of carbonyl (C=O) groups is 2. The number of aliphatic hydroxyl groups excluding tert-OH is 1. The van der Waals surface area contributed by atoms with Crippen LogP contribution in [-0.4, -0.2) is 41.6 Å². The molecule has 0 aromatic heterocycles. The predicted molar refractivity (Wildman–Crippen MR) is 104 cm³/mol. The number of aliphatic hydroxyl groups is 1. The summed E-state index contributed by atoms with van der Waals surface area (Å²) in [6.45, 7) is 7.01.